The molecule has 0 aromatic heterocycles. The highest BCUT2D eigenvalue weighted by Gasteiger charge is 2.30. The maximum atomic E-state index is 13.3. The van der Waals surface area contributed by atoms with Crippen LogP contribution in [-0.4, -0.2) is 16.5 Å². The van der Waals surface area contributed by atoms with E-state index in [2.05, 4.69) is 25.5 Å². The van der Waals surface area contributed by atoms with Gasteiger partial charge in [-0.1, -0.05) is 30.1 Å². The SMILES string of the molecule is CC(C)(C)SNCc1cccc(C(F)(F)CO)c1. The second-order valence-electron chi connectivity index (χ2n) is 5.10. The molecule has 0 spiro atoms. The Morgan fingerprint density at radius 1 is 1.28 bits per heavy atom. The van der Waals surface area contributed by atoms with Crippen LogP contribution < -0.4 is 4.72 Å². The fourth-order valence-corrected chi connectivity index (χ4v) is 2.01. The summed E-state index contributed by atoms with van der Waals surface area (Å²) in [6.45, 7) is 5.56. The van der Waals surface area contributed by atoms with Crippen molar-refractivity contribution in [3.05, 3.63) is 35.4 Å². The Labute approximate surface area is 111 Å². The van der Waals surface area contributed by atoms with Crippen LogP contribution in [0.2, 0.25) is 0 Å². The van der Waals surface area contributed by atoms with E-state index in [1.807, 2.05) is 0 Å². The maximum Gasteiger partial charge on any atom is 0.295 e. The molecule has 0 radical (unpaired) electrons. The van der Waals surface area contributed by atoms with E-state index in [1.165, 1.54) is 12.1 Å². The number of rotatable bonds is 5. The van der Waals surface area contributed by atoms with E-state index in [1.54, 1.807) is 24.1 Å². The quantitative estimate of drug-likeness (QED) is 0.809. The lowest BCUT2D eigenvalue weighted by atomic mass is 10.1. The summed E-state index contributed by atoms with van der Waals surface area (Å²) in [5, 5.41) is 8.65. The van der Waals surface area contributed by atoms with Crippen LogP contribution in [0.5, 0.6) is 0 Å². The van der Waals surface area contributed by atoms with Crippen LogP contribution in [0.3, 0.4) is 0 Å². The van der Waals surface area contributed by atoms with Gasteiger partial charge in [-0.05, 0) is 32.4 Å². The molecule has 1 aromatic rings. The second kappa shape index (κ2) is 5.99. The molecule has 0 bridgehead atoms. The van der Waals surface area contributed by atoms with Gasteiger partial charge in [0.2, 0.25) is 0 Å². The highest BCUT2D eigenvalue weighted by atomic mass is 32.2. The third-order valence-electron chi connectivity index (χ3n) is 2.20. The lowest BCUT2D eigenvalue weighted by Gasteiger charge is -2.18. The summed E-state index contributed by atoms with van der Waals surface area (Å²) in [4.78, 5) is 0. The molecule has 18 heavy (non-hydrogen) atoms. The molecule has 1 rings (SSSR count). The highest BCUT2D eigenvalue weighted by molar-refractivity contribution is 7.98. The van der Waals surface area contributed by atoms with Crippen molar-refractivity contribution in [1.29, 1.82) is 0 Å². The van der Waals surface area contributed by atoms with Gasteiger partial charge in [-0.2, -0.15) is 8.78 Å². The minimum atomic E-state index is -3.17. The molecule has 102 valence electrons. The molecule has 5 heteroatoms. The molecule has 0 saturated heterocycles. The van der Waals surface area contributed by atoms with Gasteiger partial charge in [0.05, 0.1) is 0 Å². The van der Waals surface area contributed by atoms with Gasteiger partial charge >= 0.3 is 0 Å². The van der Waals surface area contributed by atoms with Crippen LogP contribution in [0, 0.1) is 0 Å². The minimum absolute atomic E-state index is 0.0760. The van der Waals surface area contributed by atoms with Crippen molar-refractivity contribution in [1.82, 2.24) is 4.72 Å². The smallest absolute Gasteiger partial charge is 0.295 e. The Morgan fingerprint density at radius 3 is 2.50 bits per heavy atom. The normalized spacial score (nSPS) is 12.8. The zero-order chi connectivity index (χ0) is 13.8. The molecule has 0 aliphatic carbocycles. The topological polar surface area (TPSA) is 32.3 Å². The van der Waals surface area contributed by atoms with Crippen molar-refractivity contribution < 1.29 is 13.9 Å². The van der Waals surface area contributed by atoms with E-state index in [4.69, 9.17) is 5.11 Å². The Kier molecular flexibility index (Phi) is 5.13. The van der Waals surface area contributed by atoms with Gasteiger partial charge in [-0.15, -0.1) is 0 Å². The molecule has 2 N–H and O–H groups in total. The van der Waals surface area contributed by atoms with Gasteiger partial charge in [-0.3, -0.25) is 4.72 Å². The van der Waals surface area contributed by atoms with E-state index >= 15 is 0 Å². The van der Waals surface area contributed by atoms with Gasteiger partial charge in [0.15, 0.2) is 0 Å². The standard InChI is InChI=1S/C13H19F2NOS/c1-12(2,3)18-16-8-10-5-4-6-11(7-10)13(14,15)9-17/h4-7,16-17H,8-9H2,1-3H3. The molecule has 0 heterocycles. The number of nitrogens with one attached hydrogen (secondary N) is 1. The molecule has 0 atom stereocenters. The fourth-order valence-electron chi connectivity index (χ4n) is 1.34. The number of aliphatic hydroxyl groups excluding tert-OH is 1. The first-order valence-corrected chi connectivity index (χ1v) is 6.55. The molecule has 0 aliphatic rings. The maximum absolute atomic E-state index is 13.3. The number of halogens is 2. The van der Waals surface area contributed by atoms with Crippen LogP contribution in [0.1, 0.15) is 31.9 Å². The summed E-state index contributed by atoms with van der Waals surface area (Å²) in [6.07, 6.45) is 0. The number of hydrogen-bond acceptors (Lipinski definition) is 3. The van der Waals surface area contributed by atoms with Crippen molar-refractivity contribution >= 4 is 11.9 Å². The first kappa shape index (κ1) is 15.4. The molecule has 0 amide bonds. The lowest BCUT2D eigenvalue weighted by Crippen LogP contribution is -2.19. The van der Waals surface area contributed by atoms with Crippen molar-refractivity contribution in [2.45, 2.75) is 38.0 Å². The zero-order valence-electron chi connectivity index (χ0n) is 10.8. The first-order valence-electron chi connectivity index (χ1n) is 5.73. The average molecular weight is 275 g/mol. The van der Waals surface area contributed by atoms with E-state index in [0.29, 0.717) is 6.54 Å². The van der Waals surface area contributed by atoms with Crippen LogP contribution in [-0.2, 0) is 12.5 Å². The zero-order valence-corrected chi connectivity index (χ0v) is 11.7. The monoisotopic (exact) mass is 275 g/mol. The second-order valence-corrected chi connectivity index (χ2v) is 6.82. The summed E-state index contributed by atoms with van der Waals surface area (Å²) in [7, 11) is 0. The van der Waals surface area contributed by atoms with Crippen molar-refractivity contribution in [3.8, 4) is 0 Å². The molecule has 1 aromatic carbocycles. The number of hydrogen-bond donors (Lipinski definition) is 2. The third kappa shape index (κ3) is 4.92. The molecule has 0 saturated carbocycles. The van der Waals surface area contributed by atoms with Crippen molar-refractivity contribution in [3.63, 3.8) is 0 Å². The van der Waals surface area contributed by atoms with Crippen LogP contribution in [0.15, 0.2) is 24.3 Å². The van der Waals surface area contributed by atoms with Crippen LogP contribution in [0.25, 0.3) is 0 Å². The van der Waals surface area contributed by atoms with Gasteiger partial charge in [0.25, 0.3) is 5.92 Å². The predicted molar refractivity (Wildman–Crippen MR) is 71.6 cm³/mol. The summed E-state index contributed by atoms with van der Waals surface area (Å²) in [5.41, 5.74) is 0.627. The summed E-state index contributed by atoms with van der Waals surface area (Å²) >= 11 is 1.56. The van der Waals surface area contributed by atoms with Gasteiger partial charge in [0, 0.05) is 16.9 Å². The first-order chi connectivity index (χ1) is 8.24. The van der Waals surface area contributed by atoms with Gasteiger partial charge in [0.1, 0.15) is 6.61 Å². The number of alkyl halides is 2. The summed E-state index contributed by atoms with van der Waals surface area (Å²) in [6, 6.07) is 6.12. The molecular weight excluding hydrogens is 256 g/mol. The van der Waals surface area contributed by atoms with Crippen molar-refractivity contribution in [2.75, 3.05) is 6.61 Å². The Balaban J connectivity index is 2.66. The third-order valence-corrected chi connectivity index (χ3v) is 3.10. The molecule has 0 fully saturated rings. The van der Waals surface area contributed by atoms with E-state index < -0.39 is 12.5 Å². The molecule has 0 aliphatic heterocycles. The summed E-state index contributed by atoms with van der Waals surface area (Å²) in [5.74, 6) is -3.17. The van der Waals surface area contributed by atoms with Crippen LogP contribution in [0.4, 0.5) is 8.78 Å². The van der Waals surface area contributed by atoms with Gasteiger partial charge in [-0.25, -0.2) is 0 Å². The lowest BCUT2D eigenvalue weighted by molar-refractivity contribution is -0.0556. The molecule has 2 nitrogen and oxygen atoms in total. The minimum Gasteiger partial charge on any atom is -0.390 e. The highest BCUT2D eigenvalue weighted by Crippen LogP contribution is 2.28. The number of aliphatic hydroxyl groups is 1. The predicted octanol–water partition coefficient (Wildman–Crippen LogP) is 3.31. The Morgan fingerprint density at radius 2 is 1.94 bits per heavy atom. The van der Waals surface area contributed by atoms with Crippen molar-refractivity contribution in [2.24, 2.45) is 0 Å². The number of benzene rings is 1. The average Bonchev–Trinajstić information content (AvgIpc) is 2.28. The van der Waals surface area contributed by atoms with Gasteiger partial charge < -0.3 is 5.11 Å². The Hall–Kier alpha value is -0.650. The Bertz CT molecular complexity index is 391. The van der Waals surface area contributed by atoms with Crippen LogP contribution >= 0.6 is 11.9 Å². The largest absolute Gasteiger partial charge is 0.390 e. The van der Waals surface area contributed by atoms with E-state index in [0.717, 1.165) is 5.56 Å². The molecule has 0 unspecified atom stereocenters. The fraction of sp³-hybridized carbons (Fsp3) is 0.538. The van der Waals surface area contributed by atoms with E-state index in [-0.39, 0.29) is 10.3 Å². The summed E-state index contributed by atoms with van der Waals surface area (Å²) < 4.78 is 29.8. The molecular formula is C13H19F2NOS. The van der Waals surface area contributed by atoms with E-state index in [9.17, 15) is 8.78 Å².